The van der Waals surface area contributed by atoms with Gasteiger partial charge in [0, 0.05) is 5.41 Å². The molecule has 0 saturated carbocycles. The number of rotatable bonds is 6. The maximum atomic E-state index is 12.8. The van der Waals surface area contributed by atoms with Crippen LogP contribution in [0.4, 0.5) is 0 Å². The highest BCUT2D eigenvalue weighted by Gasteiger charge is 2.30. The molecule has 1 heterocycles. The third kappa shape index (κ3) is 4.08. The fraction of sp³-hybridized carbons (Fsp3) is 0.381. The van der Waals surface area contributed by atoms with Crippen molar-refractivity contribution >= 4 is 16.9 Å². The molecule has 3 rings (SSSR count). The molecule has 0 aliphatic rings. The molecular weight excluding hydrogens is 356 g/mol. The number of benzene rings is 2. The molecule has 0 saturated heterocycles. The monoisotopic (exact) mass is 382 g/mol. The zero-order valence-electron chi connectivity index (χ0n) is 16.9. The van der Waals surface area contributed by atoms with Crippen LogP contribution in [0, 0.1) is 5.41 Å². The molecule has 1 amide bonds. The number of carbonyl (C=O) groups excluding carboxylic acids is 1. The maximum absolute atomic E-state index is 12.8. The molecule has 0 radical (unpaired) electrons. The molecule has 28 heavy (non-hydrogen) atoms. The van der Waals surface area contributed by atoms with Crippen molar-refractivity contribution in [3.8, 4) is 11.5 Å². The molecule has 1 aromatic heterocycles. The zero-order chi connectivity index (χ0) is 20.3. The van der Waals surface area contributed by atoms with Crippen LogP contribution < -0.4 is 14.8 Å². The predicted molar refractivity (Wildman–Crippen MR) is 107 cm³/mol. The first-order valence-electron chi connectivity index (χ1n) is 9.13. The second-order valence-electron chi connectivity index (χ2n) is 7.72. The third-order valence-corrected chi connectivity index (χ3v) is 4.55. The summed E-state index contributed by atoms with van der Waals surface area (Å²) in [5.41, 5.74) is 2.26. The van der Waals surface area contributed by atoms with Crippen molar-refractivity contribution in [2.45, 2.75) is 33.4 Å². The fourth-order valence-electron chi connectivity index (χ4n) is 3.10. The van der Waals surface area contributed by atoms with Gasteiger partial charge >= 0.3 is 0 Å². The minimum Gasteiger partial charge on any atom is -0.493 e. The first kappa shape index (κ1) is 19.7. The SMILES string of the molecule is COc1ccc(CC(=O)NC(n2nnc3ccccc32)C(C)(C)C)cc1OC. The summed E-state index contributed by atoms with van der Waals surface area (Å²) in [5.74, 6) is 1.13. The summed E-state index contributed by atoms with van der Waals surface area (Å²) in [6.45, 7) is 6.18. The minimum absolute atomic E-state index is 0.105. The van der Waals surface area contributed by atoms with E-state index in [1.807, 2.05) is 36.4 Å². The van der Waals surface area contributed by atoms with Gasteiger partial charge in [-0.3, -0.25) is 4.79 Å². The molecule has 7 nitrogen and oxygen atoms in total. The van der Waals surface area contributed by atoms with E-state index in [0.717, 1.165) is 16.6 Å². The Morgan fingerprint density at radius 1 is 1.11 bits per heavy atom. The summed E-state index contributed by atoms with van der Waals surface area (Å²) < 4.78 is 12.4. The van der Waals surface area contributed by atoms with Gasteiger partial charge < -0.3 is 14.8 Å². The van der Waals surface area contributed by atoms with Crippen molar-refractivity contribution in [2.75, 3.05) is 14.2 Å². The van der Waals surface area contributed by atoms with Crippen LogP contribution in [0.5, 0.6) is 11.5 Å². The Morgan fingerprint density at radius 3 is 2.50 bits per heavy atom. The standard InChI is InChI=1S/C21H26N4O3/c1-21(2,3)20(25-16-9-7-6-8-15(16)23-24-25)22-19(26)13-14-10-11-17(27-4)18(12-14)28-5/h6-12,20H,13H2,1-5H3,(H,22,26). The van der Waals surface area contributed by atoms with Gasteiger partial charge in [-0.2, -0.15) is 0 Å². The number of carbonyl (C=O) groups is 1. The van der Waals surface area contributed by atoms with Crippen LogP contribution in [0.3, 0.4) is 0 Å². The number of hydrogen-bond acceptors (Lipinski definition) is 5. The van der Waals surface area contributed by atoms with E-state index in [1.54, 1.807) is 25.0 Å². The van der Waals surface area contributed by atoms with Gasteiger partial charge in [0.2, 0.25) is 5.91 Å². The highest BCUT2D eigenvalue weighted by atomic mass is 16.5. The summed E-state index contributed by atoms with van der Waals surface area (Å²) in [7, 11) is 3.16. The predicted octanol–water partition coefficient (Wildman–Crippen LogP) is 3.35. The van der Waals surface area contributed by atoms with Gasteiger partial charge in [0.1, 0.15) is 11.7 Å². The lowest BCUT2D eigenvalue weighted by Crippen LogP contribution is -2.41. The minimum atomic E-state index is -0.340. The Kier molecular flexibility index (Phi) is 5.53. The van der Waals surface area contributed by atoms with E-state index in [2.05, 4.69) is 36.4 Å². The Bertz CT molecular complexity index is 975. The van der Waals surface area contributed by atoms with Crippen molar-refractivity contribution < 1.29 is 14.3 Å². The van der Waals surface area contributed by atoms with Gasteiger partial charge in [0.15, 0.2) is 11.5 Å². The van der Waals surface area contributed by atoms with Crippen molar-refractivity contribution in [3.63, 3.8) is 0 Å². The van der Waals surface area contributed by atoms with Crippen LogP contribution in [0.2, 0.25) is 0 Å². The molecule has 7 heteroatoms. The summed E-state index contributed by atoms with van der Waals surface area (Å²) in [6.07, 6.45) is -0.118. The maximum Gasteiger partial charge on any atom is 0.226 e. The second kappa shape index (κ2) is 7.88. The number of ether oxygens (including phenoxy) is 2. The van der Waals surface area contributed by atoms with Gasteiger partial charge in [0.25, 0.3) is 0 Å². The van der Waals surface area contributed by atoms with Gasteiger partial charge in [-0.25, -0.2) is 4.68 Å². The highest BCUT2D eigenvalue weighted by Crippen LogP contribution is 2.31. The lowest BCUT2D eigenvalue weighted by Gasteiger charge is -2.31. The molecule has 0 bridgehead atoms. The number of nitrogens with one attached hydrogen (secondary N) is 1. The molecule has 3 aromatic rings. The van der Waals surface area contributed by atoms with E-state index in [0.29, 0.717) is 11.5 Å². The lowest BCUT2D eigenvalue weighted by molar-refractivity contribution is -0.123. The van der Waals surface area contributed by atoms with Gasteiger partial charge in [-0.15, -0.1) is 5.10 Å². The first-order chi connectivity index (χ1) is 13.3. The highest BCUT2D eigenvalue weighted by molar-refractivity contribution is 5.79. The molecule has 1 N–H and O–H groups in total. The molecule has 0 fully saturated rings. The van der Waals surface area contributed by atoms with Gasteiger partial charge in [-0.05, 0) is 29.8 Å². The van der Waals surface area contributed by atoms with Crippen molar-refractivity contribution in [1.82, 2.24) is 20.3 Å². The number of para-hydroxylation sites is 1. The smallest absolute Gasteiger partial charge is 0.226 e. The van der Waals surface area contributed by atoms with Crippen molar-refractivity contribution in [2.24, 2.45) is 5.41 Å². The van der Waals surface area contributed by atoms with E-state index < -0.39 is 0 Å². The van der Waals surface area contributed by atoms with Crippen LogP contribution in [0.15, 0.2) is 42.5 Å². The number of methoxy groups -OCH3 is 2. The number of amides is 1. The first-order valence-corrected chi connectivity index (χ1v) is 9.13. The molecule has 2 aromatic carbocycles. The quantitative estimate of drug-likeness (QED) is 0.707. The van der Waals surface area contributed by atoms with E-state index >= 15 is 0 Å². The number of aromatic nitrogens is 3. The number of hydrogen-bond donors (Lipinski definition) is 1. The van der Waals surface area contributed by atoms with Crippen LogP contribution in [-0.2, 0) is 11.2 Å². The summed E-state index contributed by atoms with van der Waals surface area (Å²) >= 11 is 0. The normalized spacial score (nSPS) is 12.6. The van der Waals surface area contributed by atoms with Crippen molar-refractivity contribution in [1.29, 1.82) is 0 Å². The molecule has 0 aliphatic carbocycles. The van der Waals surface area contributed by atoms with Crippen LogP contribution >= 0.6 is 0 Å². The van der Waals surface area contributed by atoms with Crippen LogP contribution in [-0.4, -0.2) is 35.1 Å². The second-order valence-corrected chi connectivity index (χ2v) is 7.72. The Balaban J connectivity index is 1.83. The number of fused-ring (bicyclic) bond motifs is 1. The van der Waals surface area contributed by atoms with Crippen LogP contribution in [0.1, 0.15) is 32.5 Å². The number of nitrogens with zero attached hydrogens (tertiary/aromatic N) is 3. The summed E-state index contributed by atoms with van der Waals surface area (Å²) in [6, 6.07) is 13.2. The van der Waals surface area contributed by atoms with E-state index in [1.165, 1.54) is 0 Å². The average molecular weight is 382 g/mol. The molecule has 0 aliphatic heterocycles. The third-order valence-electron chi connectivity index (χ3n) is 4.55. The Morgan fingerprint density at radius 2 is 1.82 bits per heavy atom. The molecule has 148 valence electrons. The Hall–Kier alpha value is -3.09. The molecule has 1 unspecified atom stereocenters. The van der Waals surface area contributed by atoms with E-state index in [-0.39, 0.29) is 23.9 Å². The summed E-state index contributed by atoms with van der Waals surface area (Å²) in [4.78, 5) is 12.8. The molecule has 0 spiro atoms. The largest absolute Gasteiger partial charge is 0.493 e. The fourth-order valence-corrected chi connectivity index (χ4v) is 3.10. The zero-order valence-corrected chi connectivity index (χ0v) is 16.9. The average Bonchev–Trinajstić information content (AvgIpc) is 3.08. The van der Waals surface area contributed by atoms with Crippen LogP contribution in [0.25, 0.3) is 11.0 Å². The van der Waals surface area contributed by atoms with Gasteiger partial charge in [-0.1, -0.05) is 44.2 Å². The van der Waals surface area contributed by atoms with Crippen molar-refractivity contribution in [3.05, 3.63) is 48.0 Å². The van der Waals surface area contributed by atoms with E-state index in [9.17, 15) is 4.79 Å². The Labute approximate surface area is 164 Å². The molecule has 1 atom stereocenters. The molecular formula is C21H26N4O3. The van der Waals surface area contributed by atoms with Gasteiger partial charge in [0.05, 0.1) is 26.2 Å². The summed E-state index contributed by atoms with van der Waals surface area (Å²) in [5, 5.41) is 11.6. The van der Waals surface area contributed by atoms with E-state index in [4.69, 9.17) is 9.47 Å². The lowest BCUT2D eigenvalue weighted by atomic mass is 9.92. The topological polar surface area (TPSA) is 78.3 Å².